The van der Waals surface area contributed by atoms with Crippen LogP contribution in [0.25, 0.3) is 0 Å². The summed E-state index contributed by atoms with van der Waals surface area (Å²) in [6.45, 7) is 2.73. The number of hydrogen-bond acceptors (Lipinski definition) is 7. The quantitative estimate of drug-likeness (QED) is 0.493. The molecule has 29 heavy (non-hydrogen) atoms. The van der Waals surface area contributed by atoms with Crippen LogP contribution in [-0.4, -0.2) is 78.6 Å². The van der Waals surface area contributed by atoms with Crippen molar-refractivity contribution in [2.24, 2.45) is 0 Å². The third kappa shape index (κ3) is 3.89. The molecule has 0 unspecified atom stereocenters. The van der Waals surface area contributed by atoms with Crippen molar-refractivity contribution in [3.63, 3.8) is 0 Å². The van der Waals surface area contributed by atoms with Gasteiger partial charge in [-0.25, -0.2) is 13.2 Å². The van der Waals surface area contributed by atoms with Gasteiger partial charge in [-0.3, -0.25) is 19.3 Å². The van der Waals surface area contributed by atoms with Gasteiger partial charge in [0.05, 0.1) is 22.6 Å². The maximum absolute atomic E-state index is 12.5. The molecule has 0 aliphatic carbocycles. The second-order valence-electron chi connectivity index (χ2n) is 7.29. The molecule has 10 heteroatoms. The first-order valence-electron chi connectivity index (χ1n) is 9.18. The largest absolute Gasteiger partial charge is 0.451 e. The first-order chi connectivity index (χ1) is 13.5. The fourth-order valence-corrected chi connectivity index (χ4v) is 5.31. The van der Waals surface area contributed by atoms with Gasteiger partial charge in [0.15, 0.2) is 15.9 Å². The maximum atomic E-state index is 12.5. The summed E-state index contributed by atoms with van der Waals surface area (Å²) >= 11 is 0. The number of esters is 1. The third-order valence-electron chi connectivity index (χ3n) is 5.30. The van der Waals surface area contributed by atoms with E-state index < -0.39 is 51.7 Å². The van der Waals surface area contributed by atoms with Crippen LogP contribution in [0.4, 0.5) is 0 Å². The van der Waals surface area contributed by atoms with Gasteiger partial charge in [-0.2, -0.15) is 0 Å². The number of nitrogens with zero attached hydrogens (tertiary/aromatic N) is 2. The van der Waals surface area contributed by atoms with Crippen LogP contribution in [0.2, 0.25) is 0 Å². The molecule has 2 heterocycles. The summed E-state index contributed by atoms with van der Waals surface area (Å²) in [6.07, 6.45) is -0.857. The summed E-state index contributed by atoms with van der Waals surface area (Å²) in [4.78, 5) is 52.1. The van der Waals surface area contributed by atoms with E-state index in [9.17, 15) is 27.6 Å². The van der Waals surface area contributed by atoms with E-state index in [4.69, 9.17) is 4.74 Å². The van der Waals surface area contributed by atoms with Crippen LogP contribution in [0, 0.1) is 0 Å². The van der Waals surface area contributed by atoms with Crippen LogP contribution in [0.5, 0.6) is 0 Å². The lowest BCUT2D eigenvalue weighted by Gasteiger charge is -2.28. The number of carbonyl (C=O) groups excluding carboxylic acids is 4. The molecule has 1 fully saturated rings. The average Bonchev–Trinajstić information content (AvgIpc) is 3.17. The second-order valence-corrected chi connectivity index (χ2v) is 9.52. The zero-order valence-electron chi connectivity index (χ0n) is 16.3. The van der Waals surface area contributed by atoms with E-state index in [2.05, 4.69) is 0 Å². The first kappa shape index (κ1) is 21.0. The minimum atomic E-state index is -3.17. The van der Waals surface area contributed by atoms with Crippen molar-refractivity contribution in [2.75, 3.05) is 18.6 Å². The van der Waals surface area contributed by atoms with Crippen molar-refractivity contribution in [1.29, 1.82) is 0 Å². The highest BCUT2D eigenvalue weighted by Gasteiger charge is 2.42. The molecule has 0 bridgehead atoms. The lowest BCUT2D eigenvalue weighted by molar-refractivity contribution is -0.162. The molecule has 0 N–H and O–H groups in total. The Morgan fingerprint density at radius 2 is 1.69 bits per heavy atom. The number of likely N-dealkylation sites (N-methyl/N-ethyl adjacent to an activating group) is 1. The zero-order valence-corrected chi connectivity index (χ0v) is 17.1. The summed E-state index contributed by atoms with van der Waals surface area (Å²) < 4.78 is 28.4. The Kier molecular flexibility index (Phi) is 5.48. The van der Waals surface area contributed by atoms with Crippen LogP contribution < -0.4 is 0 Å². The Balaban J connectivity index is 1.65. The highest BCUT2D eigenvalue weighted by molar-refractivity contribution is 7.91. The molecule has 3 atom stereocenters. The van der Waals surface area contributed by atoms with Gasteiger partial charge in [-0.1, -0.05) is 12.1 Å². The fourth-order valence-electron chi connectivity index (χ4n) is 3.54. The SMILES string of the molecule is C[C@H](OC(=O)[C@@H](C)N1C(=O)c2ccccc2C1=O)C(=O)N(C)[C@@H]1CCS(=O)(=O)C1. The van der Waals surface area contributed by atoms with E-state index in [1.54, 1.807) is 12.1 Å². The number of rotatable bonds is 5. The van der Waals surface area contributed by atoms with Crippen LogP contribution >= 0.6 is 0 Å². The molecule has 1 saturated heterocycles. The predicted molar refractivity (Wildman–Crippen MR) is 102 cm³/mol. The lowest BCUT2D eigenvalue weighted by atomic mass is 10.1. The average molecular weight is 422 g/mol. The van der Waals surface area contributed by atoms with Gasteiger partial charge < -0.3 is 9.64 Å². The fraction of sp³-hybridized carbons (Fsp3) is 0.474. The van der Waals surface area contributed by atoms with Crippen LogP contribution in [0.15, 0.2) is 24.3 Å². The molecule has 156 valence electrons. The Morgan fingerprint density at radius 1 is 1.14 bits per heavy atom. The molecule has 3 rings (SSSR count). The van der Waals surface area contributed by atoms with E-state index in [0.717, 1.165) is 4.90 Å². The number of sulfone groups is 1. The molecule has 1 aromatic carbocycles. The van der Waals surface area contributed by atoms with Crippen molar-refractivity contribution in [3.05, 3.63) is 35.4 Å². The maximum Gasteiger partial charge on any atom is 0.329 e. The Morgan fingerprint density at radius 3 is 2.17 bits per heavy atom. The Labute approximate surface area is 168 Å². The van der Waals surface area contributed by atoms with Crippen molar-refractivity contribution >= 4 is 33.5 Å². The topological polar surface area (TPSA) is 118 Å². The third-order valence-corrected chi connectivity index (χ3v) is 7.05. The van der Waals surface area contributed by atoms with E-state index in [1.165, 1.54) is 37.9 Å². The molecule has 0 aromatic heterocycles. The molecule has 9 nitrogen and oxygen atoms in total. The number of carbonyl (C=O) groups is 4. The summed E-state index contributed by atoms with van der Waals surface area (Å²) in [5.74, 6) is -2.74. The van der Waals surface area contributed by atoms with Crippen molar-refractivity contribution < 1.29 is 32.3 Å². The second kappa shape index (κ2) is 7.58. The van der Waals surface area contributed by atoms with Gasteiger partial charge in [-0.15, -0.1) is 0 Å². The van der Waals surface area contributed by atoms with Gasteiger partial charge in [0.25, 0.3) is 17.7 Å². The predicted octanol–water partition coefficient (Wildman–Crippen LogP) is 0.248. The molecule has 2 aliphatic heterocycles. The van der Waals surface area contributed by atoms with Crippen LogP contribution in [0.1, 0.15) is 41.0 Å². The summed E-state index contributed by atoms with van der Waals surface area (Å²) in [5, 5.41) is 0. The molecule has 2 aliphatic rings. The zero-order chi connectivity index (χ0) is 21.5. The molecule has 3 amide bonds. The summed E-state index contributed by atoms with van der Waals surface area (Å²) in [5.41, 5.74) is 0.423. The van der Waals surface area contributed by atoms with Gasteiger partial charge in [0.1, 0.15) is 6.04 Å². The van der Waals surface area contributed by atoms with E-state index in [1.807, 2.05) is 0 Å². The molecular weight excluding hydrogens is 400 g/mol. The highest BCUT2D eigenvalue weighted by Crippen LogP contribution is 2.25. The van der Waals surface area contributed by atoms with E-state index in [-0.39, 0.29) is 22.6 Å². The standard InChI is InChI=1S/C19H22N2O7S/c1-11(21-17(23)14-6-4-5-7-15(14)18(21)24)19(25)28-12(2)16(22)20(3)13-8-9-29(26,27)10-13/h4-7,11-13H,8-10H2,1-3H3/t11-,12+,13-/m1/s1. The number of fused-ring (bicyclic) bond motifs is 1. The minimum Gasteiger partial charge on any atom is -0.451 e. The number of ether oxygens (including phenoxy) is 1. The number of benzene rings is 1. The van der Waals surface area contributed by atoms with Gasteiger partial charge >= 0.3 is 5.97 Å². The van der Waals surface area contributed by atoms with E-state index in [0.29, 0.717) is 6.42 Å². The van der Waals surface area contributed by atoms with Gasteiger partial charge in [-0.05, 0) is 32.4 Å². The molecule has 1 aromatic rings. The van der Waals surface area contributed by atoms with Gasteiger partial charge in [0, 0.05) is 13.1 Å². The Bertz CT molecular complexity index is 953. The van der Waals surface area contributed by atoms with Crippen molar-refractivity contribution in [2.45, 2.75) is 38.5 Å². The molecule has 0 saturated carbocycles. The molecule has 0 spiro atoms. The van der Waals surface area contributed by atoms with Crippen molar-refractivity contribution in [1.82, 2.24) is 9.80 Å². The number of imide groups is 1. The lowest BCUT2D eigenvalue weighted by Crippen LogP contribution is -2.48. The summed E-state index contributed by atoms with van der Waals surface area (Å²) in [6, 6.07) is 4.57. The molecule has 0 radical (unpaired) electrons. The highest BCUT2D eigenvalue weighted by atomic mass is 32.2. The Hall–Kier alpha value is -2.75. The number of amides is 3. The van der Waals surface area contributed by atoms with Crippen LogP contribution in [-0.2, 0) is 24.2 Å². The van der Waals surface area contributed by atoms with Crippen LogP contribution in [0.3, 0.4) is 0 Å². The molecular formula is C19H22N2O7S. The van der Waals surface area contributed by atoms with E-state index >= 15 is 0 Å². The summed E-state index contributed by atoms with van der Waals surface area (Å²) in [7, 11) is -1.70. The normalized spacial score (nSPS) is 22.2. The van der Waals surface area contributed by atoms with Gasteiger partial charge in [0.2, 0.25) is 0 Å². The van der Waals surface area contributed by atoms with Crippen molar-refractivity contribution in [3.8, 4) is 0 Å². The monoisotopic (exact) mass is 422 g/mol. The smallest absolute Gasteiger partial charge is 0.329 e. The first-order valence-corrected chi connectivity index (χ1v) is 11.0. The minimum absolute atomic E-state index is 0.0141. The number of hydrogen-bond donors (Lipinski definition) is 0.